The lowest BCUT2D eigenvalue weighted by Gasteiger charge is -2.14. The lowest BCUT2D eigenvalue weighted by Crippen LogP contribution is -2.33. The second-order valence-electron chi connectivity index (χ2n) is 6.35. The molecule has 1 fully saturated rings. The molecular weight excluding hydrogens is 419 g/mol. The molecule has 0 spiro atoms. The number of hydrogen-bond donors (Lipinski definition) is 1. The van der Waals surface area contributed by atoms with E-state index in [-0.39, 0.29) is 17.8 Å². The Morgan fingerprint density at radius 2 is 2.27 bits per heavy atom. The molecule has 0 saturated carbocycles. The number of rotatable bonds is 5. The Labute approximate surface area is 163 Å². The molecule has 26 heavy (non-hydrogen) atoms. The Bertz CT molecular complexity index is 946. The minimum Gasteiger partial charge on any atom is -0.376 e. The van der Waals surface area contributed by atoms with Crippen molar-refractivity contribution >= 4 is 43.4 Å². The maximum atomic E-state index is 14.2. The number of ether oxygens (including phenoxy) is 1. The molecule has 0 bridgehead atoms. The fraction of sp³-hybridized carbons (Fsp3) is 0.316. The maximum absolute atomic E-state index is 14.2. The Hall–Kier alpha value is -1.70. The number of benzene rings is 1. The molecule has 1 N–H and O–H groups in total. The van der Waals surface area contributed by atoms with Crippen LogP contribution in [-0.4, -0.2) is 29.7 Å². The summed E-state index contributed by atoms with van der Waals surface area (Å²) in [6, 6.07) is 8.53. The van der Waals surface area contributed by atoms with Gasteiger partial charge in [0, 0.05) is 24.1 Å². The van der Waals surface area contributed by atoms with E-state index in [1.54, 1.807) is 29.5 Å². The first kappa shape index (κ1) is 17.7. The van der Waals surface area contributed by atoms with Gasteiger partial charge in [0.25, 0.3) is 5.91 Å². The van der Waals surface area contributed by atoms with Crippen LogP contribution >= 0.6 is 27.3 Å². The Kier molecular flexibility index (Phi) is 5.11. The molecule has 0 aliphatic carbocycles. The van der Waals surface area contributed by atoms with Crippen molar-refractivity contribution in [2.45, 2.75) is 25.5 Å². The summed E-state index contributed by atoms with van der Waals surface area (Å²) >= 11 is 5.11. The largest absolute Gasteiger partial charge is 0.376 e. The molecule has 1 atom stereocenters. The fourth-order valence-corrected chi connectivity index (χ4v) is 4.98. The molecule has 4 rings (SSSR count). The molecule has 136 valence electrons. The molecule has 1 unspecified atom stereocenters. The van der Waals surface area contributed by atoms with Crippen molar-refractivity contribution in [2.24, 2.45) is 0 Å². The van der Waals surface area contributed by atoms with Crippen LogP contribution in [0, 0.1) is 5.82 Å². The molecule has 2 aromatic heterocycles. The van der Waals surface area contributed by atoms with E-state index >= 15 is 0 Å². The first-order valence-electron chi connectivity index (χ1n) is 8.53. The molecule has 1 aromatic carbocycles. The molecule has 3 heterocycles. The molecule has 1 amide bonds. The van der Waals surface area contributed by atoms with Crippen molar-refractivity contribution in [1.29, 1.82) is 0 Å². The quantitative estimate of drug-likeness (QED) is 0.636. The minimum atomic E-state index is -0.272. The second kappa shape index (κ2) is 7.50. The van der Waals surface area contributed by atoms with Crippen LogP contribution in [0.15, 0.2) is 40.2 Å². The third-order valence-electron chi connectivity index (χ3n) is 4.61. The van der Waals surface area contributed by atoms with Gasteiger partial charge < -0.3 is 14.6 Å². The van der Waals surface area contributed by atoms with Gasteiger partial charge in [0.2, 0.25) is 0 Å². The maximum Gasteiger partial charge on any atom is 0.268 e. The van der Waals surface area contributed by atoms with Crippen LogP contribution in [0.5, 0.6) is 0 Å². The first-order valence-corrected chi connectivity index (χ1v) is 10.2. The van der Waals surface area contributed by atoms with E-state index < -0.39 is 0 Å². The van der Waals surface area contributed by atoms with E-state index in [2.05, 4.69) is 21.2 Å². The van der Waals surface area contributed by atoms with E-state index in [1.165, 1.54) is 6.07 Å². The van der Waals surface area contributed by atoms with Gasteiger partial charge in [-0.2, -0.15) is 0 Å². The Balaban J connectivity index is 1.65. The topological polar surface area (TPSA) is 43.3 Å². The highest BCUT2D eigenvalue weighted by Gasteiger charge is 2.22. The van der Waals surface area contributed by atoms with Crippen molar-refractivity contribution in [3.63, 3.8) is 0 Å². The number of fused-ring (bicyclic) bond motifs is 1. The number of nitrogens with zero attached hydrogens (tertiary/aromatic N) is 1. The van der Waals surface area contributed by atoms with Gasteiger partial charge in [-0.05, 0) is 40.9 Å². The van der Waals surface area contributed by atoms with Gasteiger partial charge >= 0.3 is 0 Å². The average Bonchev–Trinajstić information content (AvgIpc) is 3.34. The zero-order chi connectivity index (χ0) is 18.1. The molecular formula is C19H18BrFN2O2S. The van der Waals surface area contributed by atoms with Crippen molar-refractivity contribution in [1.82, 2.24) is 9.88 Å². The zero-order valence-electron chi connectivity index (χ0n) is 14.0. The number of carbonyl (C=O) groups excluding carboxylic acids is 1. The standard InChI is InChI=1S/C19H18BrFN2O2S/c20-14-11-26-17-8-16(19(24)22-9-13-5-3-7-25-13)23(18(14)17)10-12-4-1-2-6-15(12)21/h1-2,4,6,8,11,13H,3,5,7,9-10H2,(H,22,24). The molecule has 1 saturated heterocycles. The third-order valence-corrected chi connectivity index (χ3v) is 6.44. The first-order chi connectivity index (χ1) is 12.6. The van der Waals surface area contributed by atoms with Crippen LogP contribution in [0.2, 0.25) is 0 Å². The van der Waals surface area contributed by atoms with E-state index in [1.807, 2.05) is 16.0 Å². The molecule has 1 aliphatic rings. The zero-order valence-corrected chi connectivity index (χ0v) is 16.4. The van der Waals surface area contributed by atoms with Crippen LogP contribution in [0.1, 0.15) is 28.9 Å². The van der Waals surface area contributed by atoms with Crippen molar-refractivity contribution in [3.8, 4) is 0 Å². The predicted octanol–water partition coefficient (Wildman–Crippen LogP) is 4.56. The van der Waals surface area contributed by atoms with Gasteiger partial charge in [-0.15, -0.1) is 11.3 Å². The molecule has 4 nitrogen and oxygen atoms in total. The SMILES string of the molecule is O=C(NCC1CCCO1)c1cc2scc(Br)c2n1Cc1ccccc1F. The Morgan fingerprint density at radius 1 is 1.42 bits per heavy atom. The van der Waals surface area contributed by atoms with Crippen LogP contribution in [0.4, 0.5) is 4.39 Å². The van der Waals surface area contributed by atoms with Crippen molar-refractivity contribution < 1.29 is 13.9 Å². The summed E-state index contributed by atoms with van der Waals surface area (Å²) in [5.74, 6) is -0.432. The summed E-state index contributed by atoms with van der Waals surface area (Å²) in [5.41, 5.74) is 2.01. The van der Waals surface area contributed by atoms with E-state index in [0.717, 1.165) is 34.1 Å². The summed E-state index contributed by atoms with van der Waals surface area (Å²) in [4.78, 5) is 12.8. The number of aromatic nitrogens is 1. The van der Waals surface area contributed by atoms with Gasteiger partial charge in [0.05, 0.1) is 27.3 Å². The monoisotopic (exact) mass is 436 g/mol. The summed E-state index contributed by atoms with van der Waals surface area (Å²) in [6.45, 7) is 1.56. The molecule has 0 radical (unpaired) electrons. The van der Waals surface area contributed by atoms with Gasteiger partial charge in [-0.1, -0.05) is 18.2 Å². The van der Waals surface area contributed by atoms with E-state index in [4.69, 9.17) is 4.74 Å². The van der Waals surface area contributed by atoms with Crippen LogP contribution in [-0.2, 0) is 11.3 Å². The van der Waals surface area contributed by atoms with Crippen LogP contribution in [0.3, 0.4) is 0 Å². The predicted molar refractivity (Wildman–Crippen MR) is 104 cm³/mol. The van der Waals surface area contributed by atoms with Gasteiger partial charge in [0.15, 0.2) is 0 Å². The van der Waals surface area contributed by atoms with Crippen LogP contribution < -0.4 is 5.32 Å². The molecule has 7 heteroatoms. The second-order valence-corrected chi connectivity index (χ2v) is 8.11. The highest BCUT2D eigenvalue weighted by atomic mass is 79.9. The minimum absolute atomic E-state index is 0.0850. The summed E-state index contributed by atoms with van der Waals surface area (Å²) in [7, 11) is 0. The summed E-state index contributed by atoms with van der Waals surface area (Å²) < 4.78 is 23.5. The third kappa shape index (κ3) is 3.43. The average molecular weight is 437 g/mol. The number of halogens is 2. The van der Waals surface area contributed by atoms with Gasteiger partial charge in [-0.3, -0.25) is 4.79 Å². The summed E-state index contributed by atoms with van der Waals surface area (Å²) in [5, 5.41) is 4.95. The van der Waals surface area contributed by atoms with E-state index in [0.29, 0.717) is 24.3 Å². The van der Waals surface area contributed by atoms with E-state index in [9.17, 15) is 9.18 Å². The highest BCUT2D eigenvalue weighted by molar-refractivity contribution is 9.10. The number of hydrogen-bond acceptors (Lipinski definition) is 3. The normalized spacial score (nSPS) is 17.1. The number of nitrogens with one attached hydrogen (secondary N) is 1. The lowest BCUT2D eigenvalue weighted by molar-refractivity contribution is 0.0851. The number of amides is 1. The van der Waals surface area contributed by atoms with Crippen molar-refractivity contribution in [3.05, 3.63) is 57.3 Å². The van der Waals surface area contributed by atoms with Gasteiger partial charge in [0.1, 0.15) is 11.5 Å². The smallest absolute Gasteiger partial charge is 0.268 e. The Morgan fingerprint density at radius 3 is 3.04 bits per heavy atom. The fourth-order valence-electron chi connectivity index (χ4n) is 3.28. The lowest BCUT2D eigenvalue weighted by atomic mass is 10.2. The highest BCUT2D eigenvalue weighted by Crippen LogP contribution is 2.34. The van der Waals surface area contributed by atoms with Gasteiger partial charge in [-0.25, -0.2) is 4.39 Å². The molecule has 1 aliphatic heterocycles. The van der Waals surface area contributed by atoms with Crippen molar-refractivity contribution in [2.75, 3.05) is 13.2 Å². The number of thiophene rings is 1. The summed E-state index contributed by atoms with van der Waals surface area (Å²) in [6.07, 6.45) is 2.09. The van der Waals surface area contributed by atoms with Crippen LogP contribution in [0.25, 0.3) is 10.2 Å². The molecule has 3 aromatic rings. The number of carbonyl (C=O) groups is 1.